The molecule has 3 amide bonds. The van der Waals surface area contributed by atoms with Crippen molar-refractivity contribution in [2.24, 2.45) is 0 Å². The van der Waals surface area contributed by atoms with Gasteiger partial charge in [-0.15, -0.1) is 0 Å². The molecule has 7 nitrogen and oxygen atoms in total. The van der Waals surface area contributed by atoms with Crippen molar-refractivity contribution in [3.8, 4) is 11.5 Å². The largest absolute Gasteiger partial charge is 0.508 e. The summed E-state index contributed by atoms with van der Waals surface area (Å²) < 4.78 is 33.5. The molecule has 142 valence electrons. The van der Waals surface area contributed by atoms with Crippen LogP contribution in [-0.2, 0) is 4.79 Å². The van der Waals surface area contributed by atoms with Crippen LogP contribution in [0.2, 0.25) is 0 Å². The number of carbonyl (C=O) groups excluding carboxylic acids is 2. The standard InChI is InChI=1S/C18H17F2N3O4/c1-27-11-6-13(19)15(14(20)7-11)12-8-21-17(25)16(12)23-18(26)22-9-2-4-10(24)5-3-9/h2-7,12,16,24H,8H2,1H3,(H,21,25)(H2,22,23,26)/t12-,16-/m0/s1. The number of hydrogen-bond acceptors (Lipinski definition) is 4. The zero-order valence-electron chi connectivity index (χ0n) is 14.3. The number of phenols is 1. The van der Waals surface area contributed by atoms with E-state index in [1.165, 1.54) is 31.4 Å². The molecule has 2 aromatic rings. The van der Waals surface area contributed by atoms with E-state index in [9.17, 15) is 23.5 Å². The van der Waals surface area contributed by atoms with Crippen LogP contribution >= 0.6 is 0 Å². The predicted octanol–water partition coefficient (Wildman–Crippen LogP) is 2.08. The number of ether oxygens (including phenoxy) is 1. The van der Waals surface area contributed by atoms with Crippen molar-refractivity contribution in [1.29, 1.82) is 0 Å². The van der Waals surface area contributed by atoms with Gasteiger partial charge in [-0.3, -0.25) is 4.79 Å². The Morgan fingerprint density at radius 1 is 1.22 bits per heavy atom. The van der Waals surface area contributed by atoms with Gasteiger partial charge in [0.05, 0.1) is 7.11 Å². The van der Waals surface area contributed by atoms with Crippen LogP contribution < -0.4 is 20.7 Å². The summed E-state index contributed by atoms with van der Waals surface area (Å²) in [6.45, 7) is -0.0246. The van der Waals surface area contributed by atoms with Gasteiger partial charge in [0.1, 0.15) is 29.2 Å². The van der Waals surface area contributed by atoms with E-state index in [-0.39, 0.29) is 23.6 Å². The van der Waals surface area contributed by atoms with E-state index in [2.05, 4.69) is 16.0 Å². The Labute approximate surface area is 153 Å². The minimum absolute atomic E-state index is 0.0145. The molecule has 1 heterocycles. The number of hydrogen-bond donors (Lipinski definition) is 4. The fourth-order valence-electron chi connectivity index (χ4n) is 2.94. The van der Waals surface area contributed by atoms with Gasteiger partial charge in [-0.25, -0.2) is 13.6 Å². The molecule has 0 unspecified atom stereocenters. The minimum atomic E-state index is -1.15. The molecule has 0 saturated carbocycles. The first kappa shape index (κ1) is 18.4. The van der Waals surface area contributed by atoms with E-state index in [0.717, 1.165) is 12.1 Å². The Bertz CT molecular complexity index is 850. The number of rotatable bonds is 4. The average Bonchev–Trinajstić information content (AvgIpc) is 2.97. The molecule has 1 fully saturated rings. The van der Waals surface area contributed by atoms with E-state index < -0.39 is 35.5 Å². The number of phenolic OH excluding ortho intramolecular Hbond substituents is 1. The molecule has 2 atom stereocenters. The number of carbonyl (C=O) groups is 2. The summed E-state index contributed by atoms with van der Waals surface area (Å²) in [4.78, 5) is 24.3. The number of halogens is 2. The van der Waals surface area contributed by atoms with Crippen LogP contribution in [0.3, 0.4) is 0 Å². The van der Waals surface area contributed by atoms with Gasteiger partial charge in [-0.1, -0.05) is 0 Å². The maximum absolute atomic E-state index is 14.4. The van der Waals surface area contributed by atoms with E-state index in [0.29, 0.717) is 5.69 Å². The molecule has 2 aromatic carbocycles. The third-order valence-electron chi connectivity index (χ3n) is 4.25. The lowest BCUT2D eigenvalue weighted by Gasteiger charge is -2.20. The fourth-order valence-corrected chi connectivity index (χ4v) is 2.94. The lowest BCUT2D eigenvalue weighted by Crippen LogP contribution is -2.45. The van der Waals surface area contributed by atoms with Crippen molar-refractivity contribution in [3.63, 3.8) is 0 Å². The molecule has 1 aliphatic heterocycles. The Hall–Kier alpha value is -3.36. The predicted molar refractivity (Wildman–Crippen MR) is 92.7 cm³/mol. The Morgan fingerprint density at radius 3 is 2.44 bits per heavy atom. The van der Waals surface area contributed by atoms with Gasteiger partial charge in [0.15, 0.2) is 0 Å². The Kier molecular flexibility index (Phi) is 5.11. The SMILES string of the molecule is COc1cc(F)c([C@@H]2CNC(=O)[C@H]2NC(=O)Nc2ccc(O)cc2)c(F)c1. The zero-order valence-corrected chi connectivity index (χ0v) is 14.3. The Morgan fingerprint density at radius 2 is 1.85 bits per heavy atom. The number of nitrogens with one attached hydrogen (secondary N) is 3. The molecular formula is C18H17F2N3O4. The van der Waals surface area contributed by atoms with E-state index in [1.54, 1.807) is 0 Å². The minimum Gasteiger partial charge on any atom is -0.508 e. The number of aromatic hydroxyl groups is 1. The first-order chi connectivity index (χ1) is 12.9. The molecule has 0 aliphatic carbocycles. The summed E-state index contributed by atoms with van der Waals surface area (Å²) in [5.41, 5.74) is 0.0751. The second kappa shape index (κ2) is 7.48. The Balaban J connectivity index is 1.78. The van der Waals surface area contributed by atoms with Crippen molar-refractivity contribution >= 4 is 17.6 Å². The summed E-state index contributed by atoms with van der Waals surface area (Å²) in [5, 5.41) is 16.7. The molecular weight excluding hydrogens is 360 g/mol. The molecule has 0 spiro atoms. The van der Waals surface area contributed by atoms with Crippen LogP contribution in [0.15, 0.2) is 36.4 Å². The number of methoxy groups -OCH3 is 1. The highest BCUT2D eigenvalue weighted by Crippen LogP contribution is 2.31. The molecule has 0 bridgehead atoms. The lowest BCUT2D eigenvalue weighted by molar-refractivity contribution is -0.120. The lowest BCUT2D eigenvalue weighted by atomic mass is 9.93. The monoisotopic (exact) mass is 377 g/mol. The van der Waals surface area contributed by atoms with Crippen LogP contribution in [0.5, 0.6) is 11.5 Å². The van der Waals surface area contributed by atoms with Crippen LogP contribution in [0, 0.1) is 11.6 Å². The van der Waals surface area contributed by atoms with Gasteiger partial charge < -0.3 is 25.8 Å². The second-order valence-corrected chi connectivity index (χ2v) is 5.98. The molecule has 1 saturated heterocycles. The van der Waals surface area contributed by atoms with Crippen LogP contribution in [-0.4, -0.2) is 36.7 Å². The quantitative estimate of drug-likeness (QED) is 0.613. The van der Waals surface area contributed by atoms with Crippen LogP contribution in [0.1, 0.15) is 11.5 Å². The smallest absolute Gasteiger partial charge is 0.319 e. The summed E-state index contributed by atoms with van der Waals surface area (Å²) in [6, 6.07) is 5.85. The summed E-state index contributed by atoms with van der Waals surface area (Å²) in [6.07, 6.45) is 0. The second-order valence-electron chi connectivity index (χ2n) is 5.98. The van der Waals surface area contributed by atoms with Crippen molar-refractivity contribution in [2.75, 3.05) is 19.0 Å². The van der Waals surface area contributed by atoms with Crippen molar-refractivity contribution in [1.82, 2.24) is 10.6 Å². The molecule has 27 heavy (non-hydrogen) atoms. The molecule has 9 heteroatoms. The molecule has 0 radical (unpaired) electrons. The normalized spacial score (nSPS) is 18.7. The van der Waals surface area contributed by atoms with Crippen molar-refractivity contribution in [3.05, 3.63) is 53.6 Å². The van der Waals surface area contributed by atoms with Gasteiger partial charge in [0, 0.05) is 35.8 Å². The fraction of sp³-hybridized carbons (Fsp3) is 0.222. The number of urea groups is 1. The number of anilines is 1. The van der Waals surface area contributed by atoms with Crippen LogP contribution in [0.4, 0.5) is 19.3 Å². The van der Waals surface area contributed by atoms with E-state index in [4.69, 9.17) is 4.74 Å². The van der Waals surface area contributed by atoms with E-state index in [1.807, 2.05) is 0 Å². The molecule has 0 aromatic heterocycles. The first-order valence-electron chi connectivity index (χ1n) is 8.06. The van der Waals surface area contributed by atoms with Gasteiger partial charge in [-0.2, -0.15) is 0 Å². The maximum atomic E-state index is 14.4. The zero-order chi connectivity index (χ0) is 19.6. The first-order valence-corrected chi connectivity index (χ1v) is 8.06. The number of amides is 3. The maximum Gasteiger partial charge on any atom is 0.319 e. The van der Waals surface area contributed by atoms with Crippen molar-refractivity contribution in [2.45, 2.75) is 12.0 Å². The molecule has 4 N–H and O–H groups in total. The summed E-state index contributed by atoms with van der Waals surface area (Å²) in [5.74, 6) is -3.15. The van der Waals surface area contributed by atoms with Gasteiger partial charge >= 0.3 is 6.03 Å². The highest BCUT2D eigenvalue weighted by Gasteiger charge is 2.40. The highest BCUT2D eigenvalue weighted by atomic mass is 19.1. The number of benzene rings is 2. The van der Waals surface area contributed by atoms with Gasteiger partial charge in [0.25, 0.3) is 0 Å². The van der Waals surface area contributed by atoms with Crippen LogP contribution in [0.25, 0.3) is 0 Å². The summed E-state index contributed by atoms with van der Waals surface area (Å²) >= 11 is 0. The molecule has 3 rings (SSSR count). The molecule has 1 aliphatic rings. The average molecular weight is 377 g/mol. The topological polar surface area (TPSA) is 99.7 Å². The summed E-state index contributed by atoms with van der Waals surface area (Å²) in [7, 11) is 1.28. The van der Waals surface area contributed by atoms with Gasteiger partial charge in [-0.05, 0) is 24.3 Å². The third-order valence-corrected chi connectivity index (χ3v) is 4.25. The van der Waals surface area contributed by atoms with Gasteiger partial charge in [0.2, 0.25) is 5.91 Å². The third kappa shape index (κ3) is 3.91. The van der Waals surface area contributed by atoms with E-state index >= 15 is 0 Å². The van der Waals surface area contributed by atoms with Crippen molar-refractivity contribution < 1.29 is 28.2 Å². The highest BCUT2D eigenvalue weighted by molar-refractivity contribution is 5.95.